The van der Waals surface area contributed by atoms with Gasteiger partial charge in [-0.1, -0.05) is 46.3 Å². The molecule has 1 atom stereocenters. The number of benzene rings is 3. The van der Waals surface area contributed by atoms with E-state index in [0.29, 0.717) is 23.5 Å². The lowest BCUT2D eigenvalue weighted by Crippen LogP contribution is -2.32. The van der Waals surface area contributed by atoms with E-state index in [1.54, 1.807) is 48.5 Å². The van der Waals surface area contributed by atoms with Crippen molar-refractivity contribution in [3.05, 3.63) is 104 Å². The van der Waals surface area contributed by atoms with Gasteiger partial charge in [0.2, 0.25) is 0 Å². The molecule has 0 aromatic heterocycles. The molecule has 0 spiro atoms. The number of ketones is 1. The quantitative estimate of drug-likeness (QED) is 0.133. The molecule has 0 saturated carbocycles. The van der Waals surface area contributed by atoms with Crippen molar-refractivity contribution in [2.24, 2.45) is 0 Å². The monoisotopic (exact) mass is 566 g/mol. The number of carbonyl (C=O) groups excluding carboxylic acids is 2. The predicted octanol–water partition coefficient (Wildman–Crippen LogP) is 5.04. The van der Waals surface area contributed by atoms with Crippen LogP contribution in [0.2, 0.25) is 0 Å². The lowest BCUT2D eigenvalue weighted by atomic mass is 9.94. The van der Waals surface area contributed by atoms with Crippen LogP contribution in [0.15, 0.2) is 76.8 Å². The maximum atomic E-state index is 13.2. The average molecular weight is 567 g/mol. The van der Waals surface area contributed by atoms with Crippen molar-refractivity contribution in [1.82, 2.24) is 4.90 Å². The van der Waals surface area contributed by atoms with E-state index in [1.165, 1.54) is 37.3 Å². The fourth-order valence-corrected chi connectivity index (χ4v) is 4.63. The molecule has 4 rings (SSSR count). The molecule has 0 radical (unpaired) electrons. The minimum atomic E-state index is -1.15. The normalized spacial score (nSPS) is 16.6. The third kappa shape index (κ3) is 5.05. The molecule has 0 bridgehead atoms. The summed E-state index contributed by atoms with van der Waals surface area (Å²) in [5, 5.41) is 23.0. The molecule has 9 nitrogen and oxygen atoms in total. The van der Waals surface area contributed by atoms with Crippen molar-refractivity contribution in [3.63, 3.8) is 0 Å². The first-order valence-electron chi connectivity index (χ1n) is 11.3. The third-order valence-corrected chi connectivity index (χ3v) is 6.70. The summed E-state index contributed by atoms with van der Waals surface area (Å²) in [4.78, 5) is 39.0. The first-order valence-corrected chi connectivity index (χ1v) is 12.0. The molecule has 3 aromatic rings. The number of amides is 1. The van der Waals surface area contributed by atoms with E-state index in [4.69, 9.17) is 9.47 Å². The van der Waals surface area contributed by atoms with E-state index in [1.807, 2.05) is 0 Å². The van der Waals surface area contributed by atoms with Crippen LogP contribution in [0.25, 0.3) is 5.76 Å². The second kappa shape index (κ2) is 10.8. The maximum Gasteiger partial charge on any atom is 0.295 e. The number of hydrogen-bond donors (Lipinski definition) is 1. The van der Waals surface area contributed by atoms with E-state index in [9.17, 15) is 24.8 Å². The van der Waals surface area contributed by atoms with Crippen LogP contribution in [0.5, 0.6) is 11.5 Å². The Bertz CT molecular complexity index is 1400. The Hall–Kier alpha value is -4.18. The standard InChI is InChI=1S/C27H23BrN2O7/c1-36-21-12-7-16(15-22(21)37-2)13-14-29-24(19-5-3-4-6-20(19)30(34)35)23(26(32)27(29)33)25(31)17-8-10-18(28)11-9-17/h3-12,15,24,31H,13-14H2,1-2H3/b25-23-. The Balaban J connectivity index is 1.80. The molecular formula is C27H23BrN2O7. The van der Waals surface area contributed by atoms with Gasteiger partial charge in [0.05, 0.1) is 36.3 Å². The minimum absolute atomic E-state index is 0.0634. The molecule has 1 saturated heterocycles. The number of nitro benzene ring substituents is 1. The molecule has 10 heteroatoms. The number of Topliss-reactive ketones (excluding diaryl/α,β-unsaturated/α-hetero) is 1. The van der Waals surface area contributed by atoms with Crippen molar-refractivity contribution < 1.29 is 29.1 Å². The second-order valence-corrected chi connectivity index (χ2v) is 9.17. The second-order valence-electron chi connectivity index (χ2n) is 8.25. The molecule has 190 valence electrons. The highest BCUT2D eigenvalue weighted by Crippen LogP contribution is 2.42. The zero-order valence-corrected chi connectivity index (χ0v) is 21.6. The summed E-state index contributed by atoms with van der Waals surface area (Å²) in [6, 6.07) is 16.6. The van der Waals surface area contributed by atoms with Gasteiger partial charge in [-0.05, 0) is 42.3 Å². The van der Waals surface area contributed by atoms with Crippen molar-refractivity contribution >= 4 is 39.1 Å². The van der Waals surface area contributed by atoms with Crippen molar-refractivity contribution in [2.45, 2.75) is 12.5 Å². The highest BCUT2D eigenvalue weighted by atomic mass is 79.9. The summed E-state index contributed by atoms with van der Waals surface area (Å²) >= 11 is 3.33. The number of ether oxygens (including phenoxy) is 2. The summed E-state index contributed by atoms with van der Waals surface area (Å²) in [5.41, 5.74) is 0.789. The number of nitro groups is 1. The minimum Gasteiger partial charge on any atom is -0.507 e. The number of aliphatic hydroxyl groups is 1. The highest BCUT2D eigenvalue weighted by Gasteiger charge is 2.47. The summed E-state index contributed by atoms with van der Waals surface area (Å²) in [7, 11) is 3.03. The number of para-hydroxylation sites is 1. The van der Waals surface area contributed by atoms with Gasteiger partial charge in [0.15, 0.2) is 11.5 Å². The van der Waals surface area contributed by atoms with Crippen LogP contribution in [-0.4, -0.2) is 47.4 Å². The number of hydrogen-bond acceptors (Lipinski definition) is 7. The Morgan fingerprint density at radius 3 is 2.35 bits per heavy atom. The number of methoxy groups -OCH3 is 2. The van der Waals surface area contributed by atoms with Crippen LogP contribution in [0.3, 0.4) is 0 Å². The van der Waals surface area contributed by atoms with Crippen LogP contribution in [0, 0.1) is 10.1 Å². The number of carbonyl (C=O) groups is 2. The van der Waals surface area contributed by atoms with Crippen LogP contribution < -0.4 is 9.47 Å². The van der Waals surface area contributed by atoms with Gasteiger partial charge < -0.3 is 19.5 Å². The van der Waals surface area contributed by atoms with Gasteiger partial charge >= 0.3 is 0 Å². The Morgan fingerprint density at radius 2 is 1.70 bits per heavy atom. The van der Waals surface area contributed by atoms with E-state index in [-0.39, 0.29) is 23.4 Å². The number of halogens is 1. The molecule has 1 aliphatic heterocycles. The molecule has 37 heavy (non-hydrogen) atoms. The molecule has 0 aliphatic carbocycles. The predicted molar refractivity (Wildman–Crippen MR) is 139 cm³/mol. The van der Waals surface area contributed by atoms with Gasteiger partial charge in [0.1, 0.15) is 5.76 Å². The summed E-state index contributed by atoms with van der Waals surface area (Å²) in [6.07, 6.45) is 0.322. The summed E-state index contributed by atoms with van der Waals surface area (Å²) in [6.45, 7) is 0.0634. The van der Waals surface area contributed by atoms with E-state index in [0.717, 1.165) is 10.0 Å². The SMILES string of the molecule is COc1ccc(CCN2C(=O)C(=O)/C(=C(\O)c3ccc(Br)cc3)C2c2ccccc2[N+](=O)[O-])cc1OC. The summed E-state index contributed by atoms with van der Waals surface area (Å²) < 4.78 is 11.4. The van der Waals surface area contributed by atoms with Crippen LogP contribution in [0.4, 0.5) is 5.69 Å². The van der Waals surface area contributed by atoms with Crippen LogP contribution >= 0.6 is 15.9 Å². The average Bonchev–Trinajstić information content (AvgIpc) is 3.16. The van der Waals surface area contributed by atoms with Gasteiger partial charge in [-0.15, -0.1) is 0 Å². The number of likely N-dealkylation sites (tertiary alicyclic amines) is 1. The molecule has 1 heterocycles. The van der Waals surface area contributed by atoms with E-state index >= 15 is 0 Å². The first-order chi connectivity index (χ1) is 17.8. The van der Waals surface area contributed by atoms with Crippen LogP contribution in [0.1, 0.15) is 22.7 Å². The largest absolute Gasteiger partial charge is 0.507 e. The molecule has 1 fully saturated rings. The van der Waals surface area contributed by atoms with Crippen LogP contribution in [-0.2, 0) is 16.0 Å². The van der Waals surface area contributed by atoms with Gasteiger partial charge in [-0.3, -0.25) is 19.7 Å². The zero-order valence-electron chi connectivity index (χ0n) is 20.0. The molecular weight excluding hydrogens is 544 g/mol. The van der Waals surface area contributed by atoms with E-state index < -0.39 is 28.4 Å². The van der Waals surface area contributed by atoms with Crippen molar-refractivity contribution in [2.75, 3.05) is 20.8 Å². The maximum absolute atomic E-state index is 13.2. The number of nitrogens with zero attached hydrogens (tertiary/aromatic N) is 2. The number of aliphatic hydroxyl groups excluding tert-OH is 1. The van der Waals surface area contributed by atoms with E-state index in [2.05, 4.69) is 15.9 Å². The fourth-order valence-electron chi connectivity index (χ4n) is 4.37. The van der Waals surface area contributed by atoms with Gasteiger partial charge in [0.25, 0.3) is 17.4 Å². The Kier molecular flexibility index (Phi) is 7.58. The Labute approximate surface area is 221 Å². The van der Waals surface area contributed by atoms with Gasteiger partial charge in [0, 0.05) is 22.6 Å². The Morgan fingerprint density at radius 1 is 1.03 bits per heavy atom. The lowest BCUT2D eigenvalue weighted by Gasteiger charge is -2.25. The first kappa shape index (κ1) is 25.9. The molecule has 1 aliphatic rings. The smallest absolute Gasteiger partial charge is 0.295 e. The molecule has 1 amide bonds. The topological polar surface area (TPSA) is 119 Å². The third-order valence-electron chi connectivity index (χ3n) is 6.17. The zero-order chi connectivity index (χ0) is 26.7. The molecule has 3 aromatic carbocycles. The molecule has 1 N–H and O–H groups in total. The van der Waals surface area contributed by atoms with Crippen molar-refractivity contribution in [3.8, 4) is 11.5 Å². The number of rotatable bonds is 8. The highest BCUT2D eigenvalue weighted by molar-refractivity contribution is 9.10. The summed E-state index contributed by atoms with van der Waals surface area (Å²) in [5.74, 6) is -1.10. The van der Waals surface area contributed by atoms with Crippen molar-refractivity contribution in [1.29, 1.82) is 0 Å². The van der Waals surface area contributed by atoms with Gasteiger partial charge in [-0.2, -0.15) is 0 Å². The van der Waals surface area contributed by atoms with Gasteiger partial charge in [-0.25, -0.2) is 0 Å². The fraction of sp³-hybridized carbons (Fsp3) is 0.185. The lowest BCUT2D eigenvalue weighted by molar-refractivity contribution is -0.385. The molecule has 1 unspecified atom stereocenters.